The van der Waals surface area contributed by atoms with E-state index in [4.69, 9.17) is 14.2 Å². The lowest BCUT2D eigenvalue weighted by Crippen LogP contribution is -2.50. The van der Waals surface area contributed by atoms with E-state index in [1.165, 1.54) is 5.57 Å². The Morgan fingerprint density at radius 2 is 2.00 bits per heavy atom. The van der Waals surface area contributed by atoms with Crippen molar-refractivity contribution in [2.24, 2.45) is 17.3 Å². The number of esters is 1. The summed E-state index contributed by atoms with van der Waals surface area (Å²) in [5, 5.41) is 11.6. The van der Waals surface area contributed by atoms with Crippen LogP contribution < -0.4 is 9.47 Å². The third-order valence-corrected chi connectivity index (χ3v) is 7.06. The molecular weight excluding hydrogens is 356 g/mol. The van der Waals surface area contributed by atoms with Crippen LogP contribution in [-0.2, 0) is 4.74 Å². The SMILES string of the molecule is CC1=CC[C@@]2(C)CC[C@@](O)(C(C)C)[C@@H]2[C@@H](OC(=O)c2ccc3c(c2)OCO3)C1. The molecule has 1 fully saturated rings. The number of hydrogen-bond donors (Lipinski definition) is 1. The maximum Gasteiger partial charge on any atom is 0.338 e. The summed E-state index contributed by atoms with van der Waals surface area (Å²) >= 11 is 0. The first kappa shape index (κ1) is 19.3. The lowest BCUT2D eigenvalue weighted by Gasteiger charge is -2.43. The zero-order valence-electron chi connectivity index (χ0n) is 17.2. The molecule has 1 aliphatic heterocycles. The van der Waals surface area contributed by atoms with Crippen molar-refractivity contribution in [3.8, 4) is 11.5 Å². The van der Waals surface area contributed by atoms with Gasteiger partial charge in [0.2, 0.25) is 6.79 Å². The minimum absolute atomic E-state index is 0.0728. The Balaban J connectivity index is 1.64. The second-order valence-corrected chi connectivity index (χ2v) is 9.25. The van der Waals surface area contributed by atoms with E-state index in [0.717, 1.165) is 19.3 Å². The first-order chi connectivity index (χ1) is 13.2. The van der Waals surface area contributed by atoms with Gasteiger partial charge in [-0.2, -0.15) is 0 Å². The number of carbonyl (C=O) groups excluding carboxylic acids is 1. The molecule has 1 saturated carbocycles. The number of allylic oxidation sites excluding steroid dienone is 1. The summed E-state index contributed by atoms with van der Waals surface area (Å²) in [5.74, 6) is 0.840. The Morgan fingerprint density at radius 3 is 2.75 bits per heavy atom. The van der Waals surface area contributed by atoms with Gasteiger partial charge in [-0.3, -0.25) is 0 Å². The fraction of sp³-hybridized carbons (Fsp3) is 0.609. The van der Waals surface area contributed by atoms with Gasteiger partial charge in [0.15, 0.2) is 11.5 Å². The molecule has 0 amide bonds. The zero-order valence-corrected chi connectivity index (χ0v) is 17.2. The third-order valence-electron chi connectivity index (χ3n) is 7.06. The molecule has 0 spiro atoms. The van der Waals surface area contributed by atoms with Crippen LogP contribution in [0.4, 0.5) is 0 Å². The Bertz CT molecular complexity index is 813. The van der Waals surface area contributed by atoms with Crippen molar-refractivity contribution in [3.63, 3.8) is 0 Å². The van der Waals surface area contributed by atoms with Crippen LogP contribution in [0.5, 0.6) is 11.5 Å². The molecule has 0 bridgehead atoms. The summed E-state index contributed by atoms with van der Waals surface area (Å²) in [6, 6.07) is 5.12. The minimum Gasteiger partial charge on any atom is -0.458 e. The molecule has 0 radical (unpaired) electrons. The van der Waals surface area contributed by atoms with Crippen LogP contribution in [0.2, 0.25) is 0 Å². The predicted octanol–water partition coefficient (Wildman–Crippen LogP) is 4.48. The van der Waals surface area contributed by atoms with Gasteiger partial charge in [-0.25, -0.2) is 4.79 Å². The lowest BCUT2D eigenvalue weighted by atomic mass is 9.67. The predicted molar refractivity (Wildman–Crippen MR) is 105 cm³/mol. The maximum absolute atomic E-state index is 13.0. The van der Waals surface area contributed by atoms with Crippen LogP contribution in [0, 0.1) is 17.3 Å². The average Bonchev–Trinajstić information content (AvgIpc) is 3.19. The van der Waals surface area contributed by atoms with Crippen LogP contribution in [0.3, 0.4) is 0 Å². The third kappa shape index (κ3) is 3.10. The normalized spacial score (nSPS) is 34.0. The van der Waals surface area contributed by atoms with Gasteiger partial charge < -0.3 is 19.3 Å². The fourth-order valence-corrected chi connectivity index (χ4v) is 5.31. The molecule has 28 heavy (non-hydrogen) atoms. The Labute approximate surface area is 166 Å². The second-order valence-electron chi connectivity index (χ2n) is 9.25. The smallest absolute Gasteiger partial charge is 0.338 e. The molecule has 1 aromatic carbocycles. The van der Waals surface area contributed by atoms with Gasteiger partial charge in [0.05, 0.1) is 11.2 Å². The zero-order chi connectivity index (χ0) is 20.1. The van der Waals surface area contributed by atoms with E-state index in [-0.39, 0.29) is 36.1 Å². The topological polar surface area (TPSA) is 65.0 Å². The highest BCUT2D eigenvalue weighted by Gasteiger charge is 2.59. The van der Waals surface area contributed by atoms with E-state index in [9.17, 15) is 9.90 Å². The molecule has 0 aromatic heterocycles. The van der Waals surface area contributed by atoms with Crippen molar-refractivity contribution in [2.75, 3.05) is 6.79 Å². The monoisotopic (exact) mass is 386 g/mol. The van der Waals surface area contributed by atoms with Crippen molar-refractivity contribution >= 4 is 5.97 Å². The quantitative estimate of drug-likeness (QED) is 0.613. The summed E-state index contributed by atoms with van der Waals surface area (Å²) in [4.78, 5) is 13.0. The summed E-state index contributed by atoms with van der Waals surface area (Å²) in [6.45, 7) is 8.61. The molecule has 0 saturated heterocycles. The van der Waals surface area contributed by atoms with E-state index in [0.29, 0.717) is 23.5 Å². The fourth-order valence-electron chi connectivity index (χ4n) is 5.31. The molecule has 1 N–H and O–H groups in total. The van der Waals surface area contributed by atoms with Gasteiger partial charge >= 0.3 is 5.97 Å². The molecular formula is C23H30O5. The maximum atomic E-state index is 13.0. The van der Waals surface area contributed by atoms with Gasteiger partial charge in [-0.1, -0.05) is 32.4 Å². The molecule has 4 rings (SSSR count). The molecule has 1 heterocycles. The number of ether oxygens (including phenoxy) is 3. The van der Waals surface area contributed by atoms with E-state index in [1.807, 2.05) is 0 Å². The van der Waals surface area contributed by atoms with Crippen LogP contribution in [0.25, 0.3) is 0 Å². The first-order valence-corrected chi connectivity index (χ1v) is 10.2. The molecule has 5 heteroatoms. The van der Waals surface area contributed by atoms with Gasteiger partial charge in [0, 0.05) is 12.3 Å². The number of fused-ring (bicyclic) bond motifs is 2. The lowest BCUT2D eigenvalue weighted by molar-refractivity contribution is -0.112. The molecule has 1 aromatic rings. The van der Waals surface area contributed by atoms with Crippen LogP contribution >= 0.6 is 0 Å². The van der Waals surface area contributed by atoms with E-state index >= 15 is 0 Å². The number of carbonyl (C=O) groups is 1. The number of benzene rings is 1. The number of aliphatic hydroxyl groups is 1. The Hall–Kier alpha value is -2.01. The van der Waals surface area contributed by atoms with Gasteiger partial charge in [-0.15, -0.1) is 0 Å². The Morgan fingerprint density at radius 1 is 1.25 bits per heavy atom. The summed E-state index contributed by atoms with van der Waals surface area (Å²) < 4.78 is 16.8. The van der Waals surface area contributed by atoms with Gasteiger partial charge in [0.1, 0.15) is 6.10 Å². The van der Waals surface area contributed by atoms with Gasteiger partial charge in [-0.05, 0) is 55.7 Å². The highest BCUT2D eigenvalue weighted by atomic mass is 16.7. The van der Waals surface area contributed by atoms with Gasteiger partial charge in [0.25, 0.3) is 0 Å². The van der Waals surface area contributed by atoms with Crippen molar-refractivity contribution in [2.45, 2.75) is 65.1 Å². The molecule has 4 atom stereocenters. The second kappa shape index (κ2) is 6.80. The molecule has 152 valence electrons. The Kier molecular flexibility index (Phi) is 4.69. The van der Waals surface area contributed by atoms with Crippen molar-refractivity contribution < 1.29 is 24.1 Å². The van der Waals surface area contributed by atoms with Crippen molar-refractivity contribution in [1.29, 1.82) is 0 Å². The van der Waals surface area contributed by atoms with Crippen LogP contribution in [-0.4, -0.2) is 29.6 Å². The summed E-state index contributed by atoms with van der Waals surface area (Å²) in [5.41, 5.74) is 0.761. The molecule has 5 nitrogen and oxygen atoms in total. The molecule has 2 aliphatic carbocycles. The summed E-state index contributed by atoms with van der Waals surface area (Å²) in [6.07, 6.45) is 5.16. The largest absolute Gasteiger partial charge is 0.458 e. The first-order valence-electron chi connectivity index (χ1n) is 10.2. The average molecular weight is 386 g/mol. The standard InChI is InChI=1S/C23H30O5/c1-14(2)23(25)10-9-22(4)8-7-15(3)11-19(20(22)23)28-21(24)16-5-6-17-18(12-16)27-13-26-17/h5-7,12,14,19-20,25H,8-11,13H2,1-4H3/t19-,20+,22-,23+/m0/s1. The van der Waals surface area contributed by atoms with E-state index < -0.39 is 5.60 Å². The van der Waals surface area contributed by atoms with Crippen LogP contribution in [0.15, 0.2) is 29.8 Å². The molecule has 3 aliphatic rings. The number of rotatable bonds is 3. The minimum atomic E-state index is -0.826. The summed E-state index contributed by atoms with van der Waals surface area (Å²) in [7, 11) is 0. The van der Waals surface area contributed by atoms with E-state index in [1.54, 1.807) is 18.2 Å². The van der Waals surface area contributed by atoms with Crippen LogP contribution in [0.1, 0.15) is 63.7 Å². The highest BCUT2D eigenvalue weighted by Crippen LogP contribution is 2.58. The van der Waals surface area contributed by atoms with Crippen molar-refractivity contribution in [1.82, 2.24) is 0 Å². The van der Waals surface area contributed by atoms with Crippen molar-refractivity contribution in [3.05, 3.63) is 35.4 Å². The van der Waals surface area contributed by atoms with E-state index in [2.05, 4.69) is 33.8 Å². The highest BCUT2D eigenvalue weighted by molar-refractivity contribution is 5.90. The molecule has 0 unspecified atom stereocenters. The number of hydrogen-bond acceptors (Lipinski definition) is 5.